The van der Waals surface area contributed by atoms with Crippen molar-refractivity contribution in [2.24, 2.45) is 0 Å². The number of anilines is 1. The number of benzene rings is 2. The number of ether oxygens (including phenoxy) is 3. The zero-order valence-electron chi connectivity index (χ0n) is 21.9. The zero-order chi connectivity index (χ0) is 27.7. The van der Waals surface area contributed by atoms with Gasteiger partial charge in [-0.15, -0.1) is 0 Å². The number of amides is 2. The van der Waals surface area contributed by atoms with Gasteiger partial charge in [0.15, 0.2) is 5.11 Å². The van der Waals surface area contributed by atoms with Gasteiger partial charge in [-0.25, -0.2) is 9.69 Å². The average molecular weight is 534 g/mol. The fourth-order valence-electron chi connectivity index (χ4n) is 4.40. The van der Waals surface area contributed by atoms with E-state index in [1.807, 2.05) is 37.5 Å². The minimum atomic E-state index is -0.600. The van der Waals surface area contributed by atoms with Gasteiger partial charge in [0, 0.05) is 23.1 Å². The first-order chi connectivity index (χ1) is 18.1. The zero-order valence-corrected chi connectivity index (χ0v) is 22.7. The molecule has 1 saturated heterocycles. The van der Waals surface area contributed by atoms with E-state index in [4.69, 9.17) is 26.4 Å². The van der Waals surface area contributed by atoms with Crippen LogP contribution in [0.1, 0.15) is 32.9 Å². The fraction of sp³-hybridized carbons (Fsp3) is 0.214. The summed E-state index contributed by atoms with van der Waals surface area (Å²) in [6.45, 7) is 5.72. The maximum Gasteiger partial charge on any atom is 0.337 e. The molecule has 38 heavy (non-hydrogen) atoms. The molecule has 0 bridgehead atoms. The van der Waals surface area contributed by atoms with Crippen molar-refractivity contribution in [2.75, 3.05) is 26.2 Å². The molecule has 0 atom stereocenters. The van der Waals surface area contributed by atoms with Gasteiger partial charge in [-0.2, -0.15) is 0 Å². The molecule has 0 radical (unpaired) electrons. The number of hydrogen-bond acceptors (Lipinski definition) is 7. The van der Waals surface area contributed by atoms with Gasteiger partial charge in [-0.05, 0) is 80.5 Å². The van der Waals surface area contributed by atoms with Gasteiger partial charge >= 0.3 is 5.97 Å². The summed E-state index contributed by atoms with van der Waals surface area (Å²) >= 11 is 5.34. The molecule has 1 aliphatic rings. The molecule has 196 valence electrons. The summed E-state index contributed by atoms with van der Waals surface area (Å²) in [7, 11) is 4.33. The second-order valence-corrected chi connectivity index (χ2v) is 9.04. The summed E-state index contributed by atoms with van der Waals surface area (Å²) in [5, 5.41) is 2.55. The van der Waals surface area contributed by atoms with Gasteiger partial charge in [-0.1, -0.05) is 6.07 Å². The Bertz CT molecular complexity index is 1520. The summed E-state index contributed by atoms with van der Waals surface area (Å²) in [6, 6.07) is 12.1. The number of rotatable bonds is 6. The predicted octanol–water partition coefficient (Wildman–Crippen LogP) is 4.04. The molecule has 2 amide bonds. The molecule has 0 spiro atoms. The van der Waals surface area contributed by atoms with Crippen LogP contribution in [0.4, 0.5) is 5.69 Å². The van der Waals surface area contributed by atoms with Crippen molar-refractivity contribution < 1.29 is 28.6 Å². The number of thiocarbonyl (C=S) groups is 1. The summed E-state index contributed by atoms with van der Waals surface area (Å²) in [5.41, 5.74) is 4.73. The molecular weight excluding hydrogens is 506 g/mol. The van der Waals surface area contributed by atoms with E-state index in [0.717, 1.165) is 22.6 Å². The van der Waals surface area contributed by atoms with Crippen molar-refractivity contribution in [2.45, 2.75) is 20.8 Å². The SMILES string of the molecule is COC(=O)c1ccc(C)c(-n2c(C)cc(/C=C3\C(=O)NC(=S)N(c4ccc(OC)cc4OC)C3=O)c2C)c1. The molecule has 3 aromatic rings. The fourth-order valence-corrected chi connectivity index (χ4v) is 4.67. The minimum absolute atomic E-state index is 0.0543. The normalized spacial score (nSPS) is 14.5. The van der Waals surface area contributed by atoms with E-state index in [9.17, 15) is 14.4 Å². The van der Waals surface area contributed by atoms with Crippen LogP contribution in [-0.2, 0) is 14.3 Å². The Labute approximate surface area is 225 Å². The first kappa shape index (κ1) is 26.6. The lowest BCUT2D eigenvalue weighted by molar-refractivity contribution is -0.122. The van der Waals surface area contributed by atoms with Crippen molar-refractivity contribution in [1.82, 2.24) is 9.88 Å². The molecule has 9 nitrogen and oxygen atoms in total. The first-order valence-corrected chi connectivity index (χ1v) is 12.0. The van der Waals surface area contributed by atoms with E-state index < -0.39 is 17.8 Å². The average Bonchev–Trinajstić information content (AvgIpc) is 3.18. The van der Waals surface area contributed by atoms with Crippen LogP contribution in [-0.4, -0.2) is 48.8 Å². The third kappa shape index (κ3) is 4.66. The van der Waals surface area contributed by atoms with E-state index in [2.05, 4.69) is 5.32 Å². The van der Waals surface area contributed by atoms with Crippen LogP contribution >= 0.6 is 12.2 Å². The molecule has 1 aliphatic heterocycles. The summed E-state index contributed by atoms with van der Waals surface area (Å²) in [6.07, 6.45) is 1.54. The van der Waals surface area contributed by atoms with Crippen molar-refractivity contribution in [3.05, 3.63) is 76.1 Å². The largest absolute Gasteiger partial charge is 0.497 e. The Morgan fingerprint density at radius 3 is 2.34 bits per heavy atom. The maximum atomic E-state index is 13.6. The highest BCUT2D eigenvalue weighted by molar-refractivity contribution is 7.80. The van der Waals surface area contributed by atoms with Crippen LogP contribution in [0, 0.1) is 20.8 Å². The number of hydrogen-bond donors (Lipinski definition) is 1. The van der Waals surface area contributed by atoms with Crippen LogP contribution in [0.3, 0.4) is 0 Å². The van der Waals surface area contributed by atoms with Crippen molar-refractivity contribution in [3.8, 4) is 17.2 Å². The first-order valence-electron chi connectivity index (χ1n) is 11.6. The lowest BCUT2D eigenvalue weighted by Gasteiger charge is -2.30. The molecule has 1 N–H and O–H groups in total. The quantitative estimate of drug-likeness (QED) is 0.221. The van der Waals surface area contributed by atoms with Crippen molar-refractivity contribution >= 4 is 46.9 Å². The van der Waals surface area contributed by atoms with Crippen molar-refractivity contribution in [3.63, 3.8) is 0 Å². The second kappa shape index (κ2) is 10.5. The van der Waals surface area contributed by atoms with Gasteiger partial charge in [0.25, 0.3) is 11.8 Å². The highest BCUT2D eigenvalue weighted by Gasteiger charge is 2.36. The maximum absolute atomic E-state index is 13.6. The highest BCUT2D eigenvalue weighted by atomic mass is 32.1. The third-order valence-electron chi connectivity index (χ3n) is 6.37. The monoisotopic (exact) mass is 533 g/mol. The van der Waals surface area contributed by atoms with Gasteiger partial charge in [0.2, 0.25) is 0 Å². The Balaban J connectivity index is 1.79. The standard InChI is InChI=1S/C28H27N3O6S/c1-15-7-8-18(27(34)37-6)13-23(15)30-16(2)11-19(17(30)3)12-21-25(32)29-28(38)31(26(21)33)22-10-9-20(35-4)14-24(22)36-5/h7-14H,1-6H3,(H,29,32,38)/b21-12+. The van der Waals surface area contributed by atoms with Crippen LogP contribution < -0.4 is 19.7 Å². The summed E-state index contributed by atoms with van der Waals surface area (Å²) < 4.78 is 17.5. The highest BCUT2D eigenvalue weighted by Crippen LogP contribution is 2.35. The predicted molar refractivity (Wildman–Crippen MR) is 147 cm³/mol. The van der Waals surface area contributed by atoms with Crippen LogP contribution in [0.25, 0.3) is 11.8 Å². The van der Waals surface area contributed by atoms with Crippen LogP contribution in [0.15, 0.2) is 48.0 Å². The number of carbonyl (C=O) groups excluding carboxylic acids is 3. The number of methoxy groups -OCH3 is 3. The third-order valence-corrected chi connectivity index (χ3v) is 6.66. The number of aromatic nitrogens is 1. The number of aryl methyl sites for hydroxylation is 2. The van der Waals surface area contributed by atoms with Crippen molar-refractivity contribution in [1.29, 1.82) is 0 Å². The van der Waals surface area contributed by atoms with Gasteiger partial charge < -0.3 is 18.8 Å². The molecule has 10 heteroatoms. The Kier molecular flexibility index (Phi) is 7.36. The smallest absolute Gasteiger partial charge is 0.337 e. The van der Waals surface area contributed by atoms with E-state index in [0.29, 0.717) is 28.3 Å². The number of nitrogens with one attached hydrogen (secondary N) is 1. The molecular formula is C28H27N3O6S. The number of esters is 1. The number of nitrogens with zero attached hydrogens (tertiary/aromatic N) is 2. The topological polar surface area (TPSA) is 99.1 Å². The number of carbonyl (C=O) groups is 3. The molecule has 0 aliphatic carbocycles. The summed E-state index contributed by atoms with van der Waals surface area (Å²) in [5.74, 6) is -0.728. The molecule has 2 aromatic carbocycles. The van der Waals surface area contributed by atoms with E-state index in [-0.39, 0.29) is 10.7 Å². The molecule has 0 saturated carbocycles. The van der Waals surface area contributed by atoms with Gasteiger partial charge in [-0.3, -0.25) is 14.9 Å². The Morgan fingerprint density at radius 1 is 0.947 bits per heavy atom. The van der Waals surface area contributed by atoms with Gasteiger partial charge in [0.05, 0.1) is 32.6 Å². The minimum Gasteiger partial charge on any atom is -0.497 e. The van der Waals surface area contributed by atoms with E-state index in [1.165, 1.54) is 26.2 Å². The summed E-state index contributed by atoms with van der Waals surface area (Å²) in [4.78, 5) is 39.9. The lowest BCUT2D eigenvalue weighted by Crippen LogP contribution is -2.54. The molecule has 1 fully saturated rings. The lowest BCUT2D eigenvalue weighted by atomic mass is 10.1. The van der Waals surface area contributed by atoms with Crippen LogP contribution in [0.2, 0.25) is 0 Å². The van der Waals surface area contributed by atoms with E-state index >= 15 is 0 Å². The Morgan fingerprint density at radius 2 is 1.68 bits per heavy atom. The van der Waals surface area contributed by atoms with E-state index in [1.54, 1.807) is 36.4 Å². The molecule has 1 aromatic heterocycles. The Hall–Kier alpha value is -4.44. The molecule has 0 unspecified atom stereocenters. The molecule has 2 heterocycles. The second-order valence-electron chi connectivity index (χ2n) is 8.65. The van der Waals surface area contributed by atoms with Crippen LogP contribution in [0.5, 0.6) is 11.5 Å². The molecule has 4 rings (SSSR count). The van der Waals surface area contributed by atoms with Gasteiger partial charge in [0.1, 0.15) is 17.1 Å².